The molecule has 0 unspecified atom stereocenters. The van der Waals surface area contributed by atoms with Gasteiger partial charge in [-0.1, -0.05) is 17.7 Å². The molecule has 0 radical (unpaired) electrons. The molecule has 30 heavy (non-hydrogen) atoms. The van der Waals surface area contributed by atoms with Crippen LogP contribution in [0.25, 0.3) is 0 Å². The van der Waals surface area contributed by atoms with E-state index in [1.165, 1.54) is 14.7 Å². The van der Waals surface area contributed by atoms with Crippen LogP contribution in [0.15, 0.2) is 24.3 Å². The Labute approximate surface area is 178 Å². The zero-order chi connectivity index (χ0) is 22.1. The van der Waals surface area contributed by atoms with Crippen molar-refractivity contribution in [3.8, 4) is 0 Å². The molecule has 0 bridgehead atoms. The molecule has 2 fully saturated rings. The third-order valence-corrected chi connectivity index (χ3v) is 5.73. The van der Waals surface area contributed by atoms with Crippen LogP contribution < -0.4 is 20.0 Å². The van der Waals surface area contributed by atoms with Crippen molar-refractivity contribution in [2.24, 2.45) is 0 Å². The fourth-order valence-corrected chi connectivity index (χ4v) is 4.12. The first kappa shape index (κ1) is 22.2. The summed E-state index contributed by atoms with van der Waals surface area (Å²) in [5, 5.41) is 3.01. The van der Waals surface area contributed by atoms with Gasteiger partial charge in [0.15, 0.2) is 13.2 Å². The number of carbonyl (C=O) groups is 3. The Balaban J connectivity index is 1.54. The summed E-state index contributed by atoms with van der Waals surface area (Å²) in [6.07, 6.45) is 0. The van der Waals surface area contributed by atoms with Gasteiger partial charge < -0.3 is 15.1 Å². The van der Waals surface area contributed by atoms with Crippen LogP contribution in [0, 0.1) is 6.92 Å². The highest BCUT2D eigenvalue weighted by Gasteiger charge is 2.45. The standard InChI is InChI=1S/C22H33N5O3/c1-16-6-8-18(9-7-16)27-17(2)20(29)26(21(27)30)15-25-12-10-24(11-13-25)14-19(28)23-22(3,4)5/h6-9,17H,10-15H2,1-5H3,(H,23,28)/p+2/t17-/m1/s1. The normalized spacial score (nSPS) is 25.0. The van der Waals surface area contributed by atoms with E-state index in [2.05, 4.69) is 5.32 Å². The first-order valence-corrected chi connectivity index (χ1v) is 10.7. The number of imide groups is 1. The Morgan fingerprint density at radius 1 is 1.07 bits per heavy atom. The predicted molar refractivity (Wildman–Crippen MR) is 114 cm³/mol. The highest BCUT2D eigenvalue weighted by molar-refractivity contribution is 6.13. The molecule has 2 aliphatic heterocycles. The number of nitrogens with zero attached hydrogens (tertiary/aromatic N) is 2. The summed E-state index contributed by atoms with van der Waals surface area (Å²) in [5.41, 5.74) is 1.64. The van der Waals surface area contributed by atoms with Crippen molar-refractivity contribution in [1.29, 1.82) is 0 Å². The Morgan fingerprint density at radius 3 is 2.20 bits per heavy atom. The maximum Gasteiger partial charge on any atom is 0.336 e. The maximum absolute atomic E-state index is 13.0. The highest BCUT2D eigenvalue weighted by atomic mass is 16.2. The zero-order valence-electron chi connectivity index (χ0n) is 18.7. The molecule has 0 aromatic heterocycles. The van der Waals surface area contributed by atoms with Crippen molar-refractivity contribution < 1.29 is 24.2 Å². The quantitative estimate of drug-likeness (QED) is 0.527. The van der Waals surface area contributed by atoms with Gasteiger partial charge in [0.25, 0.3) is 11.8 Å². The molecular weight excluding hydrogens is 382 g/mol. The van der Waals surface area contributed by atoms with E-state index in [-0.39, 0.29) is 23.4 Å². The maximum atomic E-state index is 13.0. The number of hydrogen-bond donors (Lipinski definition) is 3. The molecule has 2 saturated heterocycles. The fourth-order valence-electron chi connectivity index (χ4n) is 4.12. The van der Waals surface area contributed by atoms with Crippen LogP contribution in [-0.2, 0) is 9.59 Å². The summed E-state index contributed by atoms with van der Waals surface area (Å²) in [4.78, 5) is 43.3. The third kappa shape index (κ3) is 5.17. The van der Waals surface area contributed by atoms with E-state index in [0.29, 0.717) is 13.2 Å². The van der Waals surface area contributed by atoms with Gasteiger partial charge in [-0.15, -0.1) is 0 Å². The van der Waals surface area contributed by atoms with Crippen molar-refractivity contribution in [2.45, 2.75) is 46.2 Å². The van der Waals surface area contributed by atoms with E-state index >= 15 is 0 Å². The Kier molecular flexibility index (Phi) is 6.47. The van der Waals surface area contributed by atoms with Crippen LogP contribution in [-0.4, -0.2) is 73.7 Å². The summed E-state index contributed by atoms with van der Waals surface area (Å²) in [5.74, 6) is -0.0826. The van der Waals surface area contributed by atoms with Crippen LogP contribution in [0.3, 0.4) is 0 Å². The molecule has 3 N–H and O–H groups in total. The van der Waals surface area contributed by atoms with Crippen LogP contribution >= 0.6 is 0 Å². The fraction of sp³-hybridized carbons (Fsp3) is 0.591. The lowest BCUT2D eigenvalue weighted by Gasteiger charge is -2.31. The van der Waals surface area contributed by atoms with Crippen LogP contribution in [0.2, 0.25) is 0 Å². The molecule has 1 aromatic rings. The van der Waals surface area contributed by atoms with E-state index < -0.39 is 6.04 Å². The molecule has 2 heterocycles. The van der Waals surface area contributed by atoms with Crippen molar-refractivity contribution in [3.63, 3.8) is 0 Å². The van der Waals surface area contributed by atoms with Crippen molar-refractivity contribution in [3.05, 3.63) is 29.8 Å². The first-order valence-electron chi connectivity index (χ1n) is 10.7. The Hall–Kier alpha value is -2.45. The van der Waals surface area contributed by atoms with E-state index in [1.807, 2.05) is 52.0 Å². The van der Waals surface area contributed by atoms with Crippen molar-refractivity contribution in [1.82, 2.24) is 10.2 Å². The van der Waals surface area contributed by atoms with E-state index in [4.69, 9.17) is 0 Å². The molecule has 0 aliphatic carbocycles. The lowest BCUT2D eigenvalue weighted by Crippen LogP contribution is -3.29. The molecule has 8 heteroatoms. The zero-order valence-corrected chi connectivity index (χ0v) is 18.7. The minimum Gasteiger partial charge on any atom is -0.347 e. The molecule has 2 aliphatic rings. The minimum atomic E-state index is -0.493. The van der Waals surface area contributed by atoms with E-state index in [1.54, 1.807) is 11.8 Å². The van der Waals surface area contributed by atoms with Gasteiger partial charge in [-0.25, -0.2) is 9.69 Å². The summed E-state index contributed by atoms with van der Waals surface area (Å²) in [6.45, 7) is 13.9. The van der Waals surface area contributed by atoms with Crippen LogP contribution in [0.4, 0.5) is 10.5 Å². The van der Waals surface area contributed by atoms with Crippen LogP contribution in [0.1, 0.15) is 33.3 Å². The third-order valence-electron chi connectivity index (χ3n) is 5.73. The summed E-state index contributed by atoms with van der Waals surface area (Å²) in [7, 11) is 0. The molecule has 3 rings (SSSR count). The second-order valence-electron chi connectivity index (χ2n) is 9.56. The summed E-state index contributed by atoms with van der Waals surface area (Å²) >= 11 is 0. The van der Waals surface area contributed by atoms with Gasteiger partial charge in [0.2, 0.25) is 0 Å². The molecule has 0 saturated carbocycles. The van der Waals surface area contributed by atoms with Crippen molar-refractivity contribution in [2.75, 3.05) is 44.3 Å². The van der Waals surface area contributed by atoms with Crippen molar-refractivity contribution >= 4 is 23.5 Å². The van der Waals surface area contributed by atoms with Gasteiger partial charge in [0.05, 0.1) is 0 Å². The number of amides is 4. The average Bonchev–Trinajstić information content (AvgIpc) is 2.86. The highest BCUT2D eigenvalue weighted by Crippen LogP contribution is 2.25. The predicted octanol–water partition coefficient (Wildman–Crippen LogP) is -1.19. The van der Waals surface area contributed by atoms with E-state index in [0.717, 1.165) is 37.4 Å². The van der Waals surface area contributed by atoms with Gasteiger partial charge >= 0.3 is 6.03 Å². The molecule has 164 valence electrons. The number of hydrogen-bond acceptors (Lipinski definition) is 3. The number of carbonyl (C=O) groups excluding carboxylic acids is 3. The number of benzene rings is 1. The molecular formula is C22H35N5O3+2. The monoisotopic (exact) mass is 417 g/mol. The number of quaternary nitrogens is 2. The summed E-state index contributed by atoms with van der Waals surface area (Å²) < 4.78 is 0. The number of nitrogens with one attached hydrogen (secondary N) is 3. The smallest absolute Gasteiger partial charge is 0.336 e. The van der Waals surface area contributed by atoms with Crippen LogP contribution in [0.5, 0.6) is 0 Å². The largest absolute Gasteiger partial charge is 0.347 e. The molecule has 0 spiro atoms. The first-order chi connectivity index (χ1) is 14.0. The Morgan fingerprint density at radius 2 is 1.63 bits per heavy atom. The number of aryl methyl sites for hydroxylation is 1. The SMILES string of the molecule is Cc1ccc(N2C(=O)N(C[NH+]3CC[NH+](CC(=O)NC(C)(C)C)CC3)C(=O)[C@H]2C)cc1. The molecule has 1 aromatic carbocycles. The molecule has 1 atom stereocenters. The number of anilines is 1. The van der Waals surface area contributed by atoms with Gasteiger partial charge in [-0.05, 0) is 46.8 Å². The average molecular weight is 418 g/mol. The summed E-state index contributed by atoms with van der Waals surface area (Å²) in [6, 6.07) is 6.93. The second kappa shape index (κ2) is 8.73. The Bertz CT molecular complexity index is 794. The molecule has 4 amide bonds. The minimum absolute atomic E-state index is 0.0633. The molecule has 8 nitrogen and oxygen atoms in total. The van der Waals surface area contributed by atoms with Gasteiger partial charge in [-0.2, -0.15) is 0 Å². The van der Waals surface area contributed by atoms with Gasteiger partial charge in [0.1, 0.15) is 32.2 Å². The topological polar surface area (TPSA) is 78.6 Å². The van der Waals surface area contributed by atoms with Gasteiger partial charge in [0, 0.05) is 11.2 Å². The van der Waals surface area contributed by atoms with Gasteiger partial charge in [-0.3, -0.25) is 14.5 Å². The number of piperazine rings is 1. The van der Waals surface area contributed by atoms with E-state index in [9.17, 15) is 14.4 Å². The lowest BCUT2D eigenvalue weighted by molar-refractivity contribution is -1.01. The lowest BCUT2D eigenvalue weighted by atomic mass is 10.1. The number of rotatable bonds is 5. The second-order valence-corrected chi connectivity index (χ2v) is 9.56. The number of urea groups is 1.